The van der Waals surface area contributed by atoms with Crippen molar-refractivity contribution in [1.29, 1.82) is 0 Å². The molecule has 0 aliphatic carbocycles. The van der Waals surface area contributed by atoms with Crippen molar-refractivity contribution in [3.63, 3.8) is 0 Å². The minimum Gasteiger partial charge on any atom is -0.310 e. The quantitative estimate of drug-likeness (QED) is 0.723. The number of unbranched alkanes of at least 4 members (excludes halogenated alkanes) is 2. The Bertz CT molecular complexity index is 334. The maximum absolute atomic E-state index is 4.56. The minimum atomic E-state index is 0.472. The summed E-state index contributed by atoms with van der Waals surface area (Å²) in [5, 5.41) is 3.58. The Morgan fingerprint density at radius 1 is 1.18 bits per heavy atom. The van der Waals surface area contributed by atoms with Crippen LogP contribution >= 0.6 is 0 Å². The Kier molecular flexibility index (Phi) is 6.20. The van der Waals surface area contributed by atoms with E-state index in [1.807, 2.05) is 0 Å². The second kappa shape index (κ2) is 7.44. The van der Waals surface area contributed by atoms with Gasteiger partial charge in [-0.3, -0.25) is 4.98 Å². The Balaban J connectivity index is 2.74. The number of aromatic nitrogens is 1. The van der Waals surface area contributed by atoms with Gasteiger partial charge in [-0.25, -0.2) is 0 Å². The predicted molar refractivity (Wildman–Crippen MR) is 74.3 cm³/mol. The van der Waals surface area contributed by atoms with Crippen molar-refractivity contribution in [1.82, 2.24) is 10.3 Å². The van der Waals surface area contributed by atoms with Crippen LogP contribution in [0.25, 0.3) is 0 Å². The van der Waals surface area contributed by atoms with Gasteiger partial charge in [0, 0.05) is 17.4 Å². The number of hydrogen-bond donors (Lipinski definition) is 1. The van der Waals surface area contributed by atoms with Crippen molar-refractivity contribution in [2.45, 2.75) is 59.4 Å². The molecule has 1 heterocycles. The molecule has 0 radical (unpaired) electrons. The SMILES string of the molecule is CCCCCC(NCC)c1ccc(C)nc1C. The molecule has 1 aromatic rings. The summed E-state index contributed by atoms with van der Waals surface area (Å²) in [6.07, 6.45) is 5.11. The molecule has 2 heteroatoms. The minimum absolute atomic E-state index is 0.472. The molecule has 0 aliphatic heterocycles. The smallest absolute Gasteiger partial charge is 0.0423 e. The fraction of sp³-hybridized carbons (Fsp3) is 0.667. The molecule has 0 bridgehead atoms. The van der Waals surface area contributed by atoms with Gasteiger partial charge in [-0.1, -0.05) is 39.2 Å². The van der Waals surface area contributed by atoms with E-state index in [1.54, 1.807) is 0 Å². The van der Waals surface area contributed by atoms with Gasteiger partial charge in [-0.2, -0.15) is 0 Å². The Morgan fingerprint density at radius 3 is 2.53 bits per heavy atom. The Labute approximate surface area is 106 Å². The van der Waals surface area contributed by atoms with Gasteiger partial charge in [0.05, 0.1) is 0 Å². The third-order valence-electron chi connectivity index (χ3n) is 3.19. The summed E-state index contributed by atoms with van der Waals surface area (Å²) < 4.78 is 0. The normalized spacial score (nSPS) is 12.7. The van der Waals surface area contributed by atoms with Gasteiger partial charge < -0.3 is 5.32 Å². The van der Waals surface area contributed by atoms with Crippen LogP contribution in [0, 0.1) is 13.8 Å². The van der Waals surface area contributed by atoms with Crippen molar-refractivity contribution in [2.24, 2.45) is 0 Å². The molecule has 1 aromatic heterocycles. The molecule has 96 valence electrons. The van der Waals surface area contributed by atoms with Crippen LogP contribution in [0.5, 0.6) is 0 Å². The molecule has 1 rings (SSSR count). The predicted octanol–water partition coefficient (Wildman–Crippen LogP) is 3.93. The van der Waals surface area contributed by atoms with Crippen molar-refractivity contribution < 1.29 is 0 Å². The molecular formula is C15H26N2. The Morgan fingerprint density at radius 2 is 1.94 bits per heavy atom. The molecule has 0 aliphatic rings. The zero-order valence-corrected chi connectivity index (χ0v) is 11.7. The summed E-state index contributed by atoms with van der Waals surface area (Å²) in [7, 11) is 0. The van der Waals surface area contributed by atoms with Crippen LogP contribution in [-0.4, -0.2) is 11.5 Å². The number of hydrogen-bond acceptors (Lipinski definition) is 2. The summed E-state index contributed by atoms with van der Waals surface area (Å²) in [5.74, 6) is 0. The lowest BCUT2D eigenvalue weighted by Gasteiger charge is -2.20. The molecule has 1 N–H and O–H groups in total. The third-order valence-corrected chi connectivity index (χ3v) is 3.19. The average molecular weight is 234 g/mol. The van der Waals surface area contributed by atoms with Crippen molar-refractivity contribution in [3.05, 3.63) is 29.1 Å². The topological polar surface area (TPSA) is 24.9 Å². The van der Waals surface area contributed by atoms with Crippen molar-refractivity contribution >= 4 is 0 Å². The first-order valence-corrected chi connectivity index (χ1v) is 6.86. The van der Waals surface area contributed by atoms with E-state index in [0.29, 0.717) is 6.04 Å². The summed E-state index contributed by atoms with van der Waals surface area (Å²) in [6, 6.07) is 4.82. The average Bonchev–Trinajstić information content (AvgIpc) is 2.28. The molecule has 1 unspecified atom stereocenters. The van der Waals surface area contributed by atoms with Crippen LogP contribution in [0.15, 0.2) is 12.1 Å². The zero-order chi connectivity index (χ0) is 12.7. The van der Waals surface area contributed by atoms with Gasteiger partial charge >= 0.3 is 0 Å². The molecule has 2 nitrogen and oxygen atoms in total. The molecule has 17 heavy (non-hydrogen) atoms. The Hall–Kier alpha value is -0.890. The van der Waals surface area contributed by atoms with Crippen LogP contribution in [0.2, 0.25) is 0 Å². The highest BCUT2D eigenvalue weighted by atomic mass is 14.9. The van der Waals surface area contributed by atoms with E-state index in [0.717, 1.165) is 12.2 Å². The zero-order valence-electron chi connectivity index (χ0n) is 11.7. The largest absolute Gasteiger partial charge is 0.310 e. The van der Waals surface area contributed by atoms with E-state index in [4.69, 9.17) is 0 Å². The molecule has 0 amide bonds. The lowest BCUT2D eigenvalue weighted by Crippen LogP contribution is -2.22. The van der Waals surface area contributed by atoms with Crippen LogP contribution in [-0.2, 0) is 0 Å². The van der Waals surface area contributed by atoms with Crippen LogP contribution in [0.1, 0.15) is 62.5 Å². The number of pyridine rings is 1. The number of aryl methyl sites for hydroxylation is 2. The molecule has 0 spiro atoms. The first-order chi connectivity index (χ1) is 8.19. The van der Waals surface area contributed by atoms with E-state index in [9.17, 15) is 0 Å². The van der Waals surface area contributed by atoms with Gasteiger partial charge in [-0.15, -0.1) is 0 Å². The van der Waals surface area contributed by atoms with Crippen LogP contribution < -0.4 is 5.32 Å². The molecule has 0 fully saturated rings. The molecular weight excluding hydrogens is 208 g/mol. The van der Waals surface area contributed by atoms with Crippen molar-refractivity contribution in [2.75, 3.05) is 6.54 Å². The summed E-state index contributed by atoms with van der Waals surface area (Å²) >= 11 is 0. The van der Waals surface area contributed by atoms with Crippen molar-refractivity contribution in [3.8, 4) is 0 Å². The highest BCUT2D eigenvalue weighted by Gasteiger charge is 2.12. The van der Waals surface area contributed by atoms with Gasteiger partial charge in [-0.05, 0) is 38.4 Å². The lowest BCUT2D eigenvalue weighted by atomic mass is 9.99. The van der Waals surface area contributed by atoms with Gasteiger partial charge in [0.2, 0.25) is 0 Å². The fourth-order valence-corrected chi connectivity index (χ4v) is 2.28. The highest BCUT2D eigenvalue weighted by molar-refractivity contribution is 5.25. The highest BCUT2D eigenvalue weighted by Crippen LogP contribution is 2.22. The van der Waals surface area contributed by atoms with Gasteiger partial charge in [0.1, 0.15) is 0 Å². The first-order valence-electron chi connectivity index (χ1n) is 6.86. The van der Waals surface area contributed by atoms with E-state index < -0.39 is 0 Å². The number of nitrogens with one attached hydrogen (secondary N) is 1. The molecule has 0 saturated carbocycles. The molecule has 0 saturated heterocycles. The molecule has 0 aromatic carbocycles. The lowest BCUT2D eigenvalue weighted by molar-refractivity contribution is 0.483. The summed E-state index contributed by atoms with van der Waals surface area (Å²) in [5.41, 5.74) is 3.65. The first kappa shape index (κ1) is 14.2. The van der Waals surface area contributed by atoms with Crippen LogP contribution in [0.3, 0.4) is 0 Å². The number of rotatable bonds is 7. The van der Waals surface area contributed by atoms with E-state index in [-0.39, 0.29) is 0 Å². The summed E-state index contributed by atoms with van der Waals surface area (Å²) in [6.45, 7) is 9.61. The van der Waals surface area contributed by atoms with E-state index in [1.165, 1.54) is 36.9 Å². The monoisotopic (exact) mass is 234 g/mol. The maximum atomic E-state index is 4.56. The van der Waals surface area contributed by atoms with E-state index >= 15 is 0 Å². The summed E-state index contributed by atoms with van der Waals surface area (Å²) in [4.78, 5) is 4.56. The second-order valence-corrected chi connectivity index (χ2v) is 4.73. The second-order valence-electron chi connectivity index (χ2n) is 4.73. The standard InChI is InChI=1S/C15H26N2/c1-5-7-8-9-15(16-6-2)14-11-10-12(3)17-13(14)4/h10-11,15-16H,5-9H2,1-4H3. The molecule has 1 atom stereocenters. The third kappa shape index (κ3) is 4.47. The number of nitrogens with zero attached hydrogens (tertiary/aromatic N) is 1. The maximum Gasteiger partial charge on any atom is 0.0423 e. The van der Waals surface area contributed by atoms with E-state index in [2.05, 4.69) is 50.1 Å². The van der Waals surface area contributed by atoms with Gasteiger partial charge in [0.15, 0.2) is 0 Å². The van der Waals surface area contributed by atoms with Gasteiger partial charge in [0.25, 0.3) is 0 Å². The van der Waals surface area contributed by atoms with Crippen LogP contribution in [0.4, 0.5) is 0 Å². The fourth-order valence-electron chi connectivity index (χ4n) is 2.28.